The average molecular weight is 249 g/mol. The predicted molar refractivity (Wildman–Crippen MR) is 70.3 cm³/mol. The highest BCUT2D eigenvalue weighted by atomic mass is 16.5. The van der Waals surface area contributed by atoms with Gasteiger partial charge >= 0.3 is 5.97 Å². The highest BCUT2D eigenvalue weighted by Crippen LogP contribution is 2.19. The van der Waals surface area contributed by atoms with Crippen LogP contribution in [0.25, 0.3) is 0 Å². The van der Waals surface area contributed by atoms with Crippen molar-refractivity contribution in [1.29, 1.82) is 0 Å². The number of carbonyl (C=O) groups is 1. The minimum atomic E-state index is -0.890. The van der Waals surface area contributed by atoms with E-state index in [1.165, 1.54) is 6.42 Å². The fraction of sp³-hybridized carbons (Fsp3) is 0.500. The minimum absolute atomic E-state index is 0.261. The maximum atomic E-state index is 10.9. The van der Waals surface area contributed by atoms with Crippen molar-refractivity contribution >= 4 is 11.7 Å². The molecule has 4 heteroatoms. The summed E-state index contributed by atoms with van der Waals surface area (Å²) in [7, 11) is 1.97. The summed E-state index contributed by atoms with van der Waals surface area (Å²) in [6.07, 6.45) is 3.71. The van der Waals surface area contributed by atoms with Crippen LogP contribution >= 0.6 is 0 Å². The van der Waals surface area contributed by atoms with Crippen molar-refractivity contribution in [3.05, 3.63) is 29.8 Å². The standard InChI is InChI=1S/C14H19NO3/c1-15(10-13-7-2-3-8-18-13)12-6-4-5-11(9-12)14(16)17/h4-6,9,13H,2-3,7-8,10H2,1H3,(H,16,17). The molecule has 98 valence electrons. The largest absolute Gasteiger partial charge is 0.478 e. The molecule has 0 radical (unpaired) electrons. The van der Waals surface area contributed by atoms with E-state index < -0.39 is 5.97 Å². The lowest BCUT2D eigenvalue weighted by atomic mass is 10.1. The van der Waals surface area contributed by atoms with Gasteiger partial charge in [0.2, 0.25) is 0 Å². The third-order valence-corrected chi connectivity index (χ3v) is 3.29. The first-order chi connectivity index (χ1) is 8.66. The van der Waals surface area contributed by atoms with Gasteiger partial charge in [-0.3, -0.25) is 0 Å². The average Bonchev–Trinajstić information content (AvgIpc) is 2.40. The fourth-order valence-corrected chi connectivity index (χ4v) is 2.24. The van der Waals surface area contributed by atoms with E-state index in [1.54, 1.807) is 18.2 Å². The van der Waals surface area contributed by atoms with Gasteiger partial charge in [-0.1, -0.05) is 6.07 Å². The summed E-state index contributed by atoms with van der Waals surface area (Å²) in [5, 5.41) is 8.97. The molecule has 0 amide bonds. The summed E-state index contributed by atoms with van der Waals surface area (Å²) in [5.41, 5.74) is 1.24. The van der Waals surface area contributed by atoms with E-state index in [2.05, 4.69) is 4.90 Å². The molecule has 2 rings (SSSR count). The molecular weight excluding hydrogens is 230 g/mol. The Morgan fingerprint density at radius 3 is 3.00 bits per heavy atom. The topological polar surface area (TPSA) is 49.8 Å². The van der Waals surface area contributed by atoms with Crippen LogP contribution < -0.4 is 4.90 Å². The Labute approximate surface area is 107 Å². The van der Waals surface area contributed by atoms with Crippen LogP contribution in [0.3, 0.4) is 0 Å². The molecule has 0 saturated carbocycles. The summed E-state index contributed by atoms with van der Waals surface area (Å²) in [4.78, 5) is 13.0. The SMILES string of the molecule is CN(CC1CCCCO1)c1cccc(C(=O)O)c1. The molecule has 18 heavy (non-hydrogen) atoms. The lowest BCUT2D eigenvalue weighted by Gasteiger charge is -2.28. The molecule has 1 aromatic carbocycles. The highest BCUT2D eigenvalue weighted by molar-refractivity contribution is 5.88. The summed E-state index contributed by atoms with van der Waals surface area (Å²) < 4.78 is 5.69. The molecule has 1 aliphatic rings. The third kappa shape index (κ3) is 3.23. The van der Waals surface area contributed by atoms with Crippen LogP contribution in [0.4, 0.5) is 5.69 Å². The van der Waals surface area contributed by atoms with Gasteiger partial charge in [0.25, 0.3) is 0 Å². The maximum Gasteiger partial charge on any atom is 0.335 e. The molecule has 1 atom stereocenters. The van der Waals surface area contributed by atoms with E-state index >= 15 is 0 Å². The smallest absolute Gasteiger partial charge is 0.335 e. The van der Waals surface area contributed by atoms with Crippen LogP contribution in [0.2, 0.25) is 0 Å². The molecule has 1 unspecified atom stereocenters. The van der Waals surface area contributed by atoms with Crippen LogP contribution in [0, 0.1) is 0 Å². The van der Waals surface area contributed by atoms with E-state index in [4.69, 9.17) is 9.84 Å². The Hall–Kier alpha value is -1.55. The maximum absolute atomic E-state index is 10.9. The number of nitrogens with zero attached hydrogens (tertiary/aromatic N) is 1. The zero-order chi connectivity index (χ0) is 13.0. The van der Waals surface area contributed by atoms with Gasteiger partial charge in [0.15, 0.2) is 0 Å². The molecule has 1 fully saturated rings. The van der Waals surface area contributed by atoms with Crippen LogP contribution in [0.15, 0.2) is 24.3 Å². The van der Waals surface area contributed by atoms with Gasteiger partial charge in [0.1, 0.15) is 0 Å². The third-order valence-electron chi connectivity index (χ3n) is 3.29. The first-order valence-corrected chi connectivity index (χ1v) is 6.33. The molecule has 1 saturated heterocycles. The number of hydrogen-bond donors (Lipinski definition) is 1. The van der Waals surface area contributed by atoms with Crippen molar-refractivity contribution in [2.45, 2.75) is 25.4 Å². The van der Waals surface area contributed by atoms with E-state index in [-0.39, 0.29) is 6.10 Å². The number of ether oxygens (including phenoxy) is 1. The van der Waals surface area contributed by atoms with E-state index in [0.717, 1.165) is 31.7 Å². The Balaban J connectivity index is 2.01. The summed E-state index contributed by atoms with van der Waals surface area (Å²) in [5.74, 6) is -0.890. The molecule has 0 aliphatic carbocycles. The number of likely N-dealkylation sites (N-methyl/N-ethyl adjacent to an activating group) is 1. The predicted octanol–water partition coefficient (Wildman–Crippen LogP) is 2.39. The van der Waals surface area contributed by atoms with Gasteiger partial charge in [0.05, 0.1) is 11.7 Å². The quantitative estimate of drug-likeness (QED) is 0.890. The molecule has 1 aromatic rings. The first kappa shape index (κ1) is 12.9. The van der Waals surface area contributed by atoms with Gasteiger partial charge in [-0.05, 0) is 37.5 Å². The van der Waals surface area contributed by atoms with Gasteiger partial charge in [-0.2, -0.15) is 0 Å². The first-order valence-electron chi connectivity index (χ1n) is 6.33. The van der Waals surface area contributed by atoms with Gasteiger partial charge in [0, 0.05) is 25.9 Å². The van der Waals surface area contributed by atoms with Crippen molar-refractivity contribution in [2.24, 2.45) is 0 Å². The number of benzene rings is 1. The van der Waals surface area contributed by atoms with E-state index in [0.29, 0.717) is 5.56 Å². The monoisotopic (exact) mass is 249 g/mol. The van der Waals surface area contributed by atoms with E-state index in [9.17, 15) is 4.79 Å². The zero-order valence-corrected chi connectivity index (χ0v) is 10.6. The molecule has 4 nitrogen and oxygen atoms in total. The van der Waals surface area contributed by atoms with Crippen molar-refractivity contribution in [3.63, 3.8) is 0 Å². The second kappa shape index (κ2) is 5.87. The van der Waals surface area contributed by atoms with Crippen molar-refractivity contribution in [2.75, 3.05) is 25.1 Å². The van der Waals surface area contributed by atoms with Crippen LogP contribution in [-0.2, 0) is 4.74 Å². The number of anilines is 1. The van der Waals surface area contributed by atoms with Gasteiger partial charge in [-0.25, -0.2) is 4.79 Å². The van der Waals surface area contributed by atoms with Gasteiger partial charge in [-0.15, -0.1) is 0 Å². The number of hydrogen-bond acceptors (Lipinski definition) is 3. The molecule has 1 N–H and O–H groups in total. The van der Waals surface area contributed by atoms with Crippen LogP contribution in [0.1, 0.15) is 29.6 Å². The van der Waals surface area contributed by atoms with Crippen LogP contribution in [0.5, 0.6) is 0 Å². The Bertz CT molecular complexity index is 413. The summed E-state index contributed by atoms with van der Waals surface area (Å²) >= 11 is 0. The minimum Gasteiger partial charge on any atom is -0.478 e. The van der Waals surface area contributed by atoms with Gasteiger partial charge < -0.3 is 14.7 Å². The molecular formula is C14H19NO3. The number of rotatable bonds is 4. The molecule has 1 aliphatic heterocycles. The summed E-state index contributed by atoms with van der Waals surface area (Å²) in [6, 6.07) is 7.01. The molecule has 0 spiro atoms. The lowest BCUT2D eigenvalue weighted by molar-refractivity contribution is 0.0216. The Kier molecular flexibility index (Phi) is 4.20. The molecule has 1 heterocycles. The second-order valence-electron chi connectivity index (χ2n) is 4.72. The van der Waals surface area contributed by atoms with Crippen molar-refractivity contribution < 1.29 is 14.6 Å². The fourth-order valence-electron chi connectivity index (χ4n) is 2.24. The summed E-state index contributed by atoms with van der Waals surface area (Å²) in [6.45, 7) is 1.65. The number of aromatic carboxylic acids is 1. The number of carboxylic acids is 1. The lowest BCUT2D eigenvalue weighted by Crippen LogP contribution is -2.33. The van der Waals surface area contributed by atoms with Crippen LogP contribution in [-0.4, -0.2) is 37.4 Å². The molecule has 0 aromatic heterocycles. The number of carboxylic acid groups (broad SMARTS) is 1. The van der Waals surface area contributed by atoms with E-state index in [1.807, 2.05) is 13.1 Å². The normalized spacial score (nSPS) is 19.5. The highest BCUT2D eigenvalue weighted by Gasteiger charge is 2.16. The zero-order valence-electron chi connectivity index (χ0n) is 10.6. The Morgan fingerprint density at radius 2 is 2.33 bits per heavy atom. The van der Waals surface area contributed by atoms with Crippen molar-refractivity contribution in [1.82, 2.24) is 0 Å². The Morgan fingerprint density at radius 1 is 1.50 bits per heavy atom. The molecule has 0 bridgehead atoms. The second-order valence-corrected chi connectivity index (χ2v) is 4.72. The van der Waals surface area contributed by atoms with Crippen molar-refractivity contribution in [3.8, 4) is 0 Å².